The lowest BCUT2D eigenvalue weighted by molar-refractivity contribution is -0.184. The fraction of sp³-hybridized carbons (Fsp3) is 0.333. The first-order valence-electron chi connectivity index (χ1n) is 3.87. The van der Waals surface area contributed by atoms with Gasteiger partial charge in [0.15, 0.2) is 0 Å². The van der Waals surface area contributed by atoms with E-state index in [4.69, 9.17) is 5.73 Å². The summed E-state index contributed by atoms with van der Waals surface area (Å²) in [6, 6.07) is 4.61. The predicted molar refractivity (Wildman–Crippen MR) is 44.0 cm³/mol. The zero-order valence-electron chi connectivity index (χ0n) is 7.40. The summed E-state index contributed by atoms with van der Waals surface area (Å²) in [7, 11) is 0. The largest absolute Gasteiger partial charge is 0.410 e. The Morgan fingerprint density at radius 1 is 1.14 bits per heavy atom. The lowest BCUT2D eigenvalue weighted by Gasteiger charge is -2.28. The van der Waals surface area contributed by atoms with Crippen LogP contribution in [0, 0.1) is 5.82 Å². The molecule has 1 aromatic rings. The van der Waals surface area contributed by atoms with Crippen LogP contribution in [0.3, 0.4) is 0 Å². The van der Waals surface area contributed by atoms with E-state index in [-0.39, 0.29) is 0 Å². The molecule has 78 valence electrons. The summed E-state index contributed by atoms with van der Waals surface area (Å²) < 4.78 is 50.3. The monoisotopic (exact) mass is 207 g/mol. The first-order valence-corrected chi connectivity index (χ1v) is 3.87. The maximum Gasteiger partial charge on any atom is 0.410 e. The zero-order chi connectivity index (χ0) is 11.0. The quantitative estimate of drug-likeness (QED) is 0.703. The Hall–Kier alpha value is -1.10. The maximum absolute atomic E-state index is 13.0. The van der Waals surface area contributed by atoms with Crippen molar-refractivity contribution < 1.29 is 17.6 Å². The molecule has 0 radical (unpaired) electrons. The third-order valence-electron chi connectivity index (χ3n) is 2.02. The summed E-state index contributed by atoms with van der Waals surface area (Å²) in [5, 5.41) is 0. The summed E-state index contributed by atoms with van der Waals surface area (Å²) in [6.07, 6.45) is -4.67. The lowest BCUT2D eigenvalue weighted by atomic mass is 9.92. The third kappa shape index (κ3) is 1.72. The van der Waals surface area contributed by atoms with Crippen molar-refractivity contribution in [3.63, 3.8) is 0 Å². The standard InChI is InChI=1S/C9H9F4N/c1-8(14,9(11,12)13)6-4-2-3-5-7(6)10/h2-5H,14H2,1H3. The van der Waals surface area contributed by atoms with E-state index in [9.17, 15) is 17.6 Å². The summed E-state index contributed by atoms with van der Waals surface area (Å²) in [5.74, 6) is -0.949. The first-order chi connectivity index (χ1) is 6.27. The molecular formula is C9H9F4N. The van der Waals surface area contributed by atoms with E-state index in [1.54, 1.807) is 0 Å². The van der Waals surface area contributed by atoms with Gasteiger partial charge in [-0.15, -0.1) is 0 Å². The van der Waals surface area contributed by atoms with Crippen molar-refractivity contribution in [1.82, 2.24) is 0 Å². The fourth-order valence-corrected chi connectivity index (χ4v) is 1.04. The highest BCUT2D eigenvalue weighted by atomic mass is 19.4. The molecule has 0 saturated carbocycles. The summed E-state index contributed by atoms with van der Waals surface area (Å²) in [6.45, 7) is 0.741. The predicted octanol–water partition coefficient (Wildman–Crippen LogP) is 2.56. The molecule has 0 aliphatic heterocycles. The minimum absolute atomic E-state index is 0.549. The van der Waals surface area contributed by atoms with Crippen LogP contribution in [0.2, 0.25) is 0 Å². The molecule has 1 aromatic carbocycles. The highest BCUT2D eigenvalue weighted by Gasteiger charge is 2.50. The van der Waals surface area contributed by atoms with Gasteiger partial charge < -0.3 is 5.73 Å². The van der Waals surface area contributed by atoms with Crippen molar-refractivity contribution in [3.05, 3.63) is 35.6 Å². The average molecular weight is 207 g/mol. The van der Waals surface area contributed by atoms with Crippen LogP contribution < -0.4 is 5.73 Å². The fourth-order valence-electron chi connectivity index (χ4n) is 1.04. The van der Waals surface area contributed by atoms with Crippen molar-refractivity contribution in [3.8, 4) is 0 Å². The molecule has 0 saturated heterocycles. The van der Waals surface area contributed by atoms with Gasteiger partial charge in [0.2, 0.25) is 0 Å². The normalized spacial score (nSPS) is 16.4. The van der Waals surface area contributed by atoms with E-state index < -0.39 is 23.1 Å². The Labute approximate surface area is 78.5 Å². The Morgan fingerprint density at radius 2 is 1.64 bits per heavy atom. The second-order valence-electron chi connectivity index (χ2n) is 3.18. The topological polar surface area (TPSA) is 26.0 Å². The SMILES string of the molecule is CC(N)(c1ccccc1F)C(F)(F)F. The number of halogens is 4. The molecular weight excluding hydrogens is 198 g/mol. The molecule has 0 aliphatic rings. The number of hydrogen-bond donors (Lipinski definition) is 1. The maximum atomic E-state index is 13.0. The van der Waals surface area contributed by atoms with Crippen LogP contribution in [0.15, 0.2) is 24.3 Å². The molecule has 14 heavy (non-hydrogen) atoms. The Bertz CT molecular complexity index is 330. The Morgan fingerprint density at radius 3 is 2.07 bits per heavy atom. The summed E-state index contributed by atoms with van der Waals surface area (Å²) >= 11 is 0. The van der Waals surface area contributed by atoms with Gasteiger partial charge in [-0.1, -0.05) is 18.2 Å². The highest BCUT2D eigenvalue weighted by Crippen LogP contribution is 2.37. The minimum atomic E-state index is -4.67. The van der Waals surface area contributed by atoms with Crippen LogP contribution >= 0.6 is 0 Å². The second kappa shape index (κ2) is 3.24. The molecule has 0 heterocycles. The van der Waals surface area contributed by atoms with Crippen LogP contribution in [0.25, 0.3) is 0 Å². The van der Waals surface area contributed by atoms with Crippen LogP contribution in [-0.2, 0) is 5.54 Å². The van der Waals surface area contributed by atoms with E-state index in [1.165, 1.54) is 12.1 Å². The van der Waals surface area contributed by atoms with Crippen LogP contribution in [-0.4, -0.2) is 6.18 Å². The molecule has 0 bridgehead atoms. The van der Waals surface area contributed by atoms with E-state index >= 15 is 0 Å². The molecule has 0 fully saturated rings. The Kier molecular flexibility index (Phi) is 2.54. The molecule has 1 rings (SSSR count). The molecule has 5 heteroatoms. The van der Waals surface area contributed by atoms with Gasteiger partial charge >= 0.3 is 6.18 Å². The highest BCUT2D eigenvalue weighted by molar-refractivity contribution is 5.26. The third-order valence-corrected chi connectivity index (χ3v) is 2.02. The van der Waals surface area contributed by atoms with Crippen molar-refractivity contribution in [2.75, 3.05) is 0 Å². The summed E-state index contributed by atoms with van der Waals surface area (Å²) in [4.78, 5) is 0. The van der Waals surface area contributed by atoms with Gasteiger partial charge in [-0.25, -0.2) is 4.39 Å². The molecule has 0 spiro atoms. The first kappa shape index (κ1) is 11.0. The van der Waals surface area contributed by atoms with Crippen LogP contribution in [0.1, 0.15) is 12.5 Å². The zero-order valence-corrected chi connectivity index (χ0v) is 7.40. The number of benzene rings is 1. The van der Waals surface area contributed by atoms with Gasteiger partial charge in [-0.3, -0.25) is 0 Å². The van der Waals surface area contributed by atoms with Gasteiger partial charge in [0.05, 0.1) is 0 Å². The van der Waals surface area contributed by atoms with Crippen molar-refractivity contribution in [1.29, 1.82) is 0 Å². The van der Waals surface area contributed by atoms with Crippen LogP contribution in [0.4, 0.5) is 17.6 Å². The molecule has 1 nitrogen and oxygen atoms in total. The number of hydrogen-bond acceptors (Lipinski definition) is 1. The van der Waals surface area contributed by atoms with Gasteiger partial charge in [0.25, 0.3) is 0 Å². The lowest BCUT2D eigenvalue weighted by Crippen LogP contribution is -2.48. The molecule has 0 amide bonds. The van der Waals surface area contributed by atoms with E-state index in [0.29, 0.717) is 0 Å². The van der Waals surface area contributed by atoms with Crippen molar-refractivity contribution in [2.24, 2.45) is 5.73 Å². The van der Waals surface area contributed by atoms with Gasteiger partial charge in [0, 0.05) is 5.56 Å². The minimum Gasteiger partial charge on any atom is -0.314 e. The number of rotatable bonds is 1. The van der Waals surface area contributed by atoms with Gasteiger partial charge in [-0.05, 0) is 13.0 Å². The van der Waals surface area contributed by atoms with Crippen molar-refractivity contribution in [2.45, 2.75) is 18.6 Å². The molecule has 0 aromatic heterocycles. The number of alkyl halides is 3. The van der Waals surface area contributed by atoms with Gasteiger partial charge in [0.1, 0.15) is 11.4 Å². The molecule has 2 N–H and O–H groups in total. The molecule has 1 atom stereocenters. The van der Waals surface area contributed by atoms with E-state index in [0.717, 1.165) is 19.1 Å². The average Bonchev–Trinajstić information content (AvgIpc) is 2.02. The number of nitrogens with two attached hydrogens (primary N) is 1. The smallest absolute Gasteiger partial charge is 0.314 e. The molecule has 0 aliphatic carbocycles. The Balaban J connectivity index is 3.23. The van der Waals surface area contributed by atoms with Crippen molar-refractivity contribution >= 4 is 0 Å². The van der Waals surface area contributed by atoms with E-state index in [2.05, 4.69) is 0 Å². The summed E-state index contributed by atoms with van der Waals surface area (Å²) in [5.41, 5.74) is 1.85. The second-order valence-corrected chi connectivity index (χ2v) is 3.18. The van der Waals surface area contributed by atoms with Gasteiger partial charge in [-0.2, -0.15) is 13.2 Å². The van der Waals surface area contributed by atoms with Crippen LogP contribution in [0.5, 0.6) is 0 Å². The van der Waals surface area contributed by atoms with E-state index in [1.807, 2.05) is 0 Å². The molecule has 1 unspecified atom stereocenters.